The Morgan fingerprint density at radius 3 is 2.48 bits per heavy atom. The Kier molecular flexibility index (Phi) is 6.68. The highest BCUT2D eigenvalue weighted by molar-refractivity contribution is 5.84. The smallest absolute Gasteiger partial charge is 0.0346 e. The van der Waals surface area contributed by atoms with E-state index in [1.54, 1.807) is 0 Å². The minimum atomic E-state index is 0.110. The van der Waals surface area contributed by atoms with Crippen molar-refractivity contribution >= 4 is 10.8 Å². The Balaban J connectivity index is 1.81. The zero-order chi connectivity index (χ0) is 14.9. The van der Waals surface area contributed by atoms with Crippen molar-refractivity contribution in [3.63, 3.8) is 0 Å². The van der Waals surface area contributed by atoms with Gasteiger partial charge in [-0.05, 0) is 17.4 Å². The van der Waals surface area contributed by atoms with Gasteiger partial charge in [-0.1, -0.05) is 76.1 Å². The number of unbranched alkanes of at least 4 members (excludes halogenated alkanes) is 6. The van der Waals surface area contributed by atoms with Crippen LogP contribution in [0.5, 0.6) is 0 Å². The maximum atomic E-state index is 6.38. The molecule has 1 heterocycles. The number of rotatable bonds is 9. The average Bonchev–Trinajstić information content (AvgIpc) is 2.53. The second-order valence-electron chi connectivity index (χ2n) is 5.97. The molecule has 0 saturated heterocycles. The molecule has 2 N–H and O–H groups in total. The van der Waals surface area contributed by atoms with Crippen LogP contribution in [0.3, 0.4) is 0 Å². The maximum Gasteiger partial charge on any atom is 0.0346 e. The number of fused-ring (bicyclic) bond motifs is 1. The van der Waals surface area contributed by atoms with E-state index in [2.05, 4.69) is 36.2 Å². The van der Waals surface area contributed by atoms with Crippen molar-refractivity contribution < 1.29 is 0 Å². The summed E-state index contributed by atoms with van der Waals surface area (Å²) in [6.07, 6.45) is 14.2. The van der Waals surface area contributed by atoms with Crippen molar-refractivity contribution in [2.75, 3.05) is 0 Å². The number of hydrogen-bond acceptors (Lipinski definition) is 2. The number of hydrogen-bond donors (Lipinski definition) is 1. The molecule has 114 valence electrons. The maximum absolute atomic E-state index is 6.38. The van der Waals surface area contributed by atoms with Gasteiger partial charge in [-0.3, -0.25) is 4.98 Å². The minimum absolute atomic E-state index is 0.110. The van der Waals surface area contributed by atoms with Gasteiger partial charge in [0.05, 0.1) is 0 Å². The van der Waals surface area contributed by atoms with Crippen molar-refractivity contribution in [3.05, 3.63) is 42.2 Å². The molecule has 0 radical (unpaired) electrons. The molecule has 0 spiro atoms. The van der Waals surface area contributed by atoms with Gasteiger partial charge in [-0.25, -0.2) is 0 Å². The summed E-state index contributed by atoms with van der Waals surface area (Å²) in [6, 6.07) is 8.49. The van der Waals surface area contributed by atoms with Gasteiger partial charge in [0.25, 0.3) is 0 Å². The molecule has 1 aromatic carbocycles. The summed E-state index contributed by atoms with van der Waals surface area (Å²) in [7, 11) is 0. The van der Waals surface area contributed by atoms with E-state index in [1.165, 1.54) is 61.3 Å². The SMILES string of the molecule is CCCCCCCCCC(N)c1cncc2ccccc12. The van der Waals surface area contributed by atoms with Gasteiger partial charge < -0.3 is 5.73 Å². The van der Waals surface area contributed by atoms with E-state index < -0.39 is 0 Å². The second-order valence-corrected chi connectivity index (χ2v) is 5.97. The molecule has 0 aliphatic rings. The first kappa shape index (κ1) is 16.0. The van der Waals surface area contributed by atoms with Gasteiger partial charge in [0.15, 0.2) is 0 Å². The first-order chi connectivity index (χ1) is 10.3. The molecular weight excluding hydrogens is 256 g/mol. The van der Waals surface area contributed by atoms with Crippen LogP contribution in [0.2, 0.25) is 0 Å². The topological polar surface area (TPSA) is 38.9 Å². The summed E-state index contributed by atoms with van der Waals surface area (Å²) < 4.78 is 0. The van der Waals surface area contributed by atoms with Gasteiger partial charge in [0.1, 0.15) is 0 Å². The fraction of sp³-hybridized carbons (Fsp3) is 0.526. The molecule has 0 bridgehead atoms. The Morgan fingerprint density at radius 2 is 1.67 bits per heavy atom. The number of pyridine rings is 1. The average molecular weight is 284 g/mol. The van der Waals surface area contributed by atoms with E-state index in [9.17, 15) is 0 Å². The molecule has 1 atom stereocenters. The van der Waals surface area contributed by atoms with Gasteiger partial charge in [-0.15, -0.1) is 0 Å². The van der Waals surface area contributed by atoms with Gasteiger partial charge in [0, 0.05) is 23.8 Å². The Bertz CT molecular complexity index is 531. The van der Waals surface area contributed by atoms with Crippen LogP contribution in [0.1, 0.15) is 69.9 Å². The van der Waals surface area contributed by atoms with Crippen molar-refractivity contribution in [1.82, 2.24) is 4.98 Å². The number of benzene rings is 1. The molecule has 0 aliphatic carbocycles. The molecule has 0 saturated carbocycles. The van der Waals surface area contributed by atoms with Crippen LogP contribution in [0.25, 0.3) is 10.8 Å². The third kappa shape index (κ3) is 4.82. The number of nitrogens with two attached hydrogens (primary N) is 1. The molecule has 0 aliphatic heterocycles. The van der Waals surface area contributed by atoms with Crippen molar-refractivity contribution in [2.45, 2.75) is 64.3 Å². The van der Waals surface area contributed by atoms with Crippen LogP contribution in [-0.4, -0.2) is 4.98 Å². The highest BCUT2D eigenvalue weighted by Crippen LogP contribution is 2.25. The van der Waals surface area contributed by atoms with Crippen LogP contribution >= 0.6 is 0 Å². The van der Waals surface area contributed by atoms with Crippen LogP contribution in [-0.2, 0) is 0 Å². The summed E-state index contributed by atoms with van der Waals surface area (Å²) in [5, 5.41) is 2.44. The normalized spacial score (nSPS) is 12.7. The second kappa shape index (κ2) is 8.78. The van der Waals surface area contributed by atoms with E-state index in [0.29, 0.717) is 0 Å². The first-order valence-corrected chi connectivity index (χ1v) is 8.41. The van der Waals surface area contributed by atoms with Gasteiger partial charge in [0.2, 0.25) is 0 Å². The van der Waals surface area contributed by atoms with Gasteiger partial charge >= 0.3 is 0 Å². The fourth-order valence-corrected chi connectivity index (χ4v) is 2.91. The lowest BCUT2D eigenvalue weighted by molar-refractivity contribution is 0.542. The Hall–Kier alpha value is -1.41. The summed E-state index contributed by atoms with van der Waals surface area (Å²) in [6.45, 7) is 2.26. The monoisotopic (exact) mass is 284 g/mol. The van der Waals surface area contributed by atoms with Crippen molar-refractivity contribution in [3.8, 4) is 0 Å². The molecule has 0 fully saturated rings. The molecule has 2 rings (SSSR count). The van der Waals surface area contributed by atoms with Gasteiger partial charge in [-0.2, -0.15) is 0 Å². The molecule has 1 aromatic heterocycles. The third-order valence-corrected chi connectivity index (χ3v) is 4.22. The van der Waals surface area contributed by atoms with Crippen LogP contribution in [0.4, 0.5) is 0 Å². The number of aromatic nitrogens is 1. The lowest BCUT2D eigenvalue weighted by atomic mass is 9.97. The molecule has 0 amide bonds. The fourth-order valence-electron chi connectivity index (χ4n) is 2.91. The summed E-state index contributed by atoms with van der Waals surface area (Å²) in [4.78, 5) is 4.33. The largest absolute Gasteiger partial charge is 0.324 e. The quantitative estimate of drug-likeness (QED) is 0.628. The lowest BCUT2D eigenvalue weighted by Gasteiger charge is -2.14. The van der Waals surface area contributed by atoms with Crippen LogP contribution in [0, 0.1) is 0 Å². The third-order valence-electron chi connectivity index (χ3n) is 4.22. The summed E-state index contributed by atoms with van der Waals surface area (Å²) in [5.74, 6) is 0. The van der Waals surface area contributed by atoms with Crippen LogP contribution in [0.15, 0.2) is 36.7 Å². The Morgan fingerprint density at radius 1 is 0.952 bits per heavy atom. The van der Waals surface area contributed by atoms with E-state index in [-0.39, 0.29) is 6.04 Å². The summed E-state index contributed by atoms with van der Waals surface area (Å²) in [5.41, 5.74) is 7.58. The van der Waals surface area contributed by atoms with E-state index in [4.69, 9.17) is 5.73 Å². The van der Waals surface area contributed by atoms with E-state index in [0.717, 1.165) is 6.42 Å². The molecule has 2 aromatic rings. The molecule has 1 unspecified atom stereocenters. The molecule has 21 heavy (non-hydrogen) atoms. The molecule has 2 heteroatoms. The van der Waals surface area contributed by atoms with Crippen molar-refractivity contribution in [2.24, 2.45) is 5.73 Å². The predicted octanol–water partition coefficient (Wildman–Crippen LogP) is 5.38. The van der Waals surface area contributed by atoms with Crippen molar-refractivity contribution in [1.29, 1.82) is 0 Å². The highest BCUT2D eigenvalue weighted by atomic mass is 14.7. The molecular formula is C19H28N2. The highest BCUT2D eigenvalue weighted by Gasteiger charge is 2.09. The number of nitrogens with zero attached hydrogens (tertiary/aromatic N) is 1. The predicted molar refractivity (Wildman–Crippen MR) is 91.3 cm³/mol. The lowest BCUT2D eigenvalue weighted by Crippen LogP contribution is -2.11. The van der Waals surface area contributed by atoms with E-state index in [1.807, 2.05) is 12.4 Å². The molecule has 2 nitrogen and oxygen atoms in total. The van der Waals surface area contributed by atoms with E-state index >= 15 is 0 Å². The van der Waals surface area contributed by atoms with Crippen LogP contribution < -0.4 is 5.73 Å². The zero-order valence-electron chi connectivity index (χ0n) is 13.2. The minimum Gasteiger partial charge on any atom is -0.324 e. The standard InChI is InChI=1S/C19H28N2/c1-2-3-4-5-6-7-8-13-19(20)18-15-21-14-16-11-9-10-12-17(16)18/h9-12,14-15,19H,2-8,13,20H2,1H3. The Labute approximate surface area is 128 Å². The zero-order valence-corrected chi connectivity index (χ0v) is 13.2. The first-order valence-electron chi connectivity index (χ1n) is 8.41. The summed E-state index contributed by atoms with van der Waals surface area (Å²) >= 11 is 0.